The number of rotatable bonds is 4. The first kappa shape index (κ1) is 7.86. The summed E-state index contributed by atoms with van der Waals surface area (Å²) in [6.07, 6.45) is -2.18. The van der Waals surface area contributed by atoms with Crippen LogP contribution in [0.25, 0.3) is 0 Å². The maximum atomic E-state index is 9.89. The number of nitrogens with zero attached hydrogens (tertiary/aromatic N) is 1. The fraction of sp³-hybridized carbons (Fsp3) is 0.917. The van der Waals surface area contributed by atoms with Crippen LogP contribution in [0.3, 0.4) is 0 Å². The van der Waals surface area contributed by atoms with Gasteiger partial charge in [0.25, 0.3) is 0 Å². The molecule has 1 unspecified atom stereocenters. The van der Waals surface area contributed by atoms with Crippen molar-refractivity contribution in [1.29, 1.82) is 5.26 Å². The van der Waals surface area contributed by atoms with E-state index < -0.39 is 40.1 Å². The van der Waals surface area contributed by atoms with Gasteiger partial charge >= 0.3 is 0 Å². The third-order valence-corrected chi connectivity index (χ3v) is 7.53. The van der Waals surface area contributed by atoms with Crippen LogP contribution in [0.4, 0.5) is 0 Å². The molecule has 0 aromatic carbocycles. The Balaban J connectivity index is 5.89. The van der Waals surface area contributed by atoms with E-state index in [0.29, 0.717) is 0 Å². The lowest BCUT2D eigenvalue weighted by Crippen LogP contribution is -2.45. The van der Waals surface area contributed by atoms with Crippen molar-refractivity contribution in [3.63, 3.8) is 0 Å². The van der Waals surface area contributed by atoms with Crippen LogP contribution in [0.15, 0.2) is 0 Å². The maximum absolute atomic E-state index is 9.89. The highest BCUT2D eigenvalue weighted by Crippen LogP contribution is 2.37. The van der Waals surface area contributed by atoms with Crippen molar-refractivity contribution in [3.8, 4) is 6.07 Å². The fourth-order valence-corrected chi connectivity index (χ4v) is 1.72. The molecule has 0 fully saturated rings. The Morgan fingerprint density at radius 2 is 1.94 bits per heavy atom. The molecule has 0 aliphatic rings. The van der Waals surface area contributed by atoms with Crippen molar-refractivity contribution in [2.75, 3.05) is 6.61 Å². The van der Waals surface area contributed by atoms with Gasteiger partial charge in [0.2, 0.25) is 0 Å². The van der Waals surface area contributed by atoms with Crippen molar-refractivity contribution in [1.82, 2.24) is 0 Å². The summed E-state index contributed by atoms with van der Waals surface area (Å²) in [4.78, 5) is 0. The van der Waals surface area contributed by atoms with Gasteiger partial charge in [-0.3, -0.25) is 0 Å². The van der Waals surface area contributed by atoms with Crippen molar-refractivity contribution in [2.45, 2.75) is 58.7 Å². The minimum absolute atomic E-state index is 0.264. The molecule has 0 bridgehead atoms. The van der Waals surface area contributed by atoms with Crippen molar-refractivity contribution < 1.29 is 17.8 Å². The molecule has 0 aliphatic carbocycles. The Morgan fingerprint density at radius 3 is 2.25 bits per heavy atom. The standard InChI is InChI=1S/C12H25NO2Si/c1-11(2,3)16(6,7)15-9-12(4,5)10(14)8-13/h10,14H,9H2,1-7H3/i4D3,5D3. The molecule has 0 spiro atoms. The average Bonchev–Trinajstić information content (AvgIpc) is 2.23. The molecular formula is C12H25NO2Si. The molecule has 0 aliphatic heterocycles. The van der Waals surface area contributed by atoms with Gasteiger partial charge in [-0.2, -0.15) is 5.26 Å². The fourth-order valence-electron chi connectivity index (χ4n) is 0.700. The van der Waals surface area contributed by atoms with E-state index in [2.05, 4.69) is 0 Å². The molecule has 0 rings (SSSR count). The van der Waals surface area contributed by atoms with Crippen LogP contribution in [0.5, 0.6) is 0 Å². The van der Waals surface area contributed by atoms with E-state index in [4.69, 9.17) is 17.9 Å². The highest BCUT2D eigenvalue weighted by molar-refractivity contribution is 6.74. The summed E-state index contributed by atoms with van der Waals surface area (Å²) >= 11 is 0. The van der Waals surface area contributed by atoms with Crippen LogP contribution in [-0.4, -0.2) is 26.1 Å². The molecule has 1 N–H and O–H groups in total. The minimum Gasteiger partial charge on any atom is -0.416 e. The molecule has 0 aromatic rings. The molecule has 94 valence electrons. The van der Waals surface area contributed by atoms with Gasteiger partial charge in [0.1, 0.15) is 6.10 Å². The van der Waals surface area contributed by atoms with Gasteiger partial charge in [-0.05, 0) is 18.1 Å². The lowest BCUT2D eigenvalue weighted by atomic mass is 9.88. The van der Waals surface area contributed by atoms with E-state index >= 15 is 0 Å². The summed E-state index contributed by atoms with van der Waals surface area (Å²) in [7, 11) is -2.45. The normalized spacial score (nSPS) is 22.8. The molecule has 4 heteroatoms. The van der Waals surface area contributed by atoms with Gasteiger partial charge in [0, 0.05) is 20.2 Å². The summed E-state index contributed by atoms with van der Waals surface area (Å²) in [6.45, 7) is 2.59. The Hall–Kier alpha value is -0.373. The zero-order chi connectivity index (χ0) is 18.2. The highest BCUT2D eigenvalue weighted by atomic mass is 28.4. The molecule has 0 saturated heterocycles. The van der Waals surface area contributed by atoms with Gasteiger partial charge in [0.15, 0.2) is 8.32 Å². The van der Waals surface area contributed by atoms with Crippen LogP contribution in [-0.2, 0) is 4.43 Å². The third kappa shape index (κ3) is 3.89. The van der Waals surface area contributed by atoms with Crippen LogP contribution in [0.1, 0.15) is 42.7 Å². The Labute approximate surface area is 109 Å². The quantitative estimate of drug-likeness (QED) is 0.615. The van der Waals surface area contributed by atoms with Crippen LogP contribution in [0, 0.1) is 16.7 Å². The highest BCUT2D eigenvalue weighted by Gasteiger charge is 2.39. The van der Waals surface area contributed by atoms with E-state index in [-0.39, 0.29) is 5.04 Å². The van der Waals surface area contributed by atoms with E-state index in [1.165, 1.54) is 6.07 Å². The third-order valence-electron chi connectivity index (χ3n) is 3.06. The molecule has 0 saturated carbocycles. The van der Waals surface area contributed by atoms with E-state index in [1.54, 1.807) is 0 Å². The second-order valence-electron chi connectivity index (χ2n) is 5.55. The second kappa shape index (κ2) is 4.87. The molecular weight excluding hydrogens is 218 g/mol. The summed E-state index contributed by atoms with van der Waals surface area (Å²) in [6, 6.07) is 1.36. The number of hydrogen-bond donors (Lipinski definition) is 1. The molecule has 0 amide bonds. The lowest BCUT2D eigenvalue weighted by Gasteiger charge is -2.39. The monoisotopic (exact) mass is 249 g/mol. The van der Waals surface area contributed by atoms with Crippen LogP contribution in [0.2, 0.25) is 18.1 Å². The lowest BCUT2D eigenvalue weighted by molar-refractivity contribution is 0.0471. The predicted molar refractivity (Wildman–Crippen MR) is 68.5 cm³/mol. The molecule has 1 atom stereocenters. The number of aliphatic hydroxyl groups is 1. The van der Waals surface area contributed by atoms with Gasteiger partial charge < -0.3 is 9.53 Å². The molecule has 0 aromatic heterocycles. The van der Waals surface area contributed by atoms with Crippen molar-refractivity contribution in [2.24, 2.45) is 5.41 Å². The average molecular weight is 249 g/mol. The first-order valence-electron chi connectivity index (χ1n) is 8.16. The smallest absolute Gasteiger partial charge is 0.192 e. The topological polar surface area (TPSA) is 53.2 Å². The van der Waals surface area contributed by atoms with Crippen molar-refractivity contribution in [3.05, 3.63) is 0 Å². The van der Waals surface area contributed by atoms with Crippen LogP contribution < -0.4 is 0 Å². The summed E-state index contributed by atoms with van der Waals surface area (Å²) in [5, 5.41) is 18.6. The number of aliphatic hydroxyl groups excluding tert-OH is 1. The summed E-state index contributed by atoms with van der Waals surface area (Å²) in [5.41, 5.74) is -2.63. The van der Waals surface area contributed by atoms with Gasteiger partial charge in [-0.25, -0.2) is 0 Å². The number of hydrogen-bond acceptors (Lipinski definition) is 3. The van der Waals surface area contributed by atoms with Crippen LogP contribution >= 0.6 is 0 Å². The van der Waals surface area contributed by atoms with Crippen molar-refractivity contribution >= 4 is 8.32 Å². The summed E-state index contributed by atoms with van der Waals surface area (Å²) in [5.74, 6) is 0. The Morgan fingerprint density at radius 1 is 1.44 bits per heavy atom. The van der Waals surface area contributed by atoms with E-state index in [1.807, 2.05) is 33.9 Å². The SMILES string of the molecule is [2H]C([2H])([2H])C(CO[Si](C)(C)C(C)(C)C)(C(O)C#N)C([2H])([2H])[2H]. The largest absolute Gasteiger partial charge is 0.416 e. The molecule has 0 heterocycles. The molecule has 16 heavy (non-hydrogen) atoms. The van der Waals surface area contributed by atoms with E-state index in [0.717, 1.165) is 0 Å². The second-order valence-corrected chi connectivity index (χ2v) is 10.4. The maximum Gasteiger partial charge on any atom is 0.192 e. The van der Waals surface area contributed by atoms with E-state index in [9.17, 15) is 5.11 Å². The zero-order valence-corrected chi connectivity index (χ0v) is 11.6. The Bertz CT molecular complexity index is 419. The molecule has 0 radical (unpaired) electrons. The molecule has 3 nitrogen and oxygen atoms in total. The van der Waals surface area contributed by atoms with Gasteiger partial charge in [-0.1, -0.05) is 34.5 Å². The summed E-state index contributed by atoms with van der Waals surface area (Å²) < 4.78 is 51.3. The van der Waals surface area contributed by atoms with Gasteiger partial charge in [0.05, 0.1) is 6.07 Å². The van der Waals surface area contributed by atoms with Gasteiger partial charge in [-0.15, -0.1) is 0 Å². The number of nitriles is 1. The predicted octanol–water partition coefficient (Wildman–Crippen LogP) is 2.92. The minimum atomic E-state index is -3.07. The zero-order valence-electron chi connectivity index (χ0n) is 16.6. The Kier molecular flexibility index (Phi) is 2.39. The first-order chi connectivity index (χ1) is 9.44. The first-order valence-corrected chi connectivity index (χ1v) is 8.06.